The number of carboxylic acids is 1. The molecular formula is C24H25ClN2O5. The lowest BCUT2D eigenvalue weighted by molar-refractivity contribution is -0.149. The number of carbonyl (C=O) groups excluding carboxylic acids is 2. The number of imide groups is 1. The minimum atomic E-state index is -1.58. The van der Waals surface area contributed by atoms with Crippen LogP contribution in [0.3, 0.4) is 0 Å². The number of anilines is 1. The Balaban J connectivity index is 1.86. The van der Waals surface area contributed by atoms with Crippen molar-refractivity contribution < 1.29 is 24.2 Å². The van der Waals surface area contributed by atoms with Crippen LogP contribution >= 0.6 is 11.6 Å². The Morgan fingerprint density at radius 2 is 1.81 bits per heavy atom. The first-order chi connectivity index (χ1) is 15.2. The molecule has 2 N–H and O–H groups in total. The lowest BCUT2D eigenvalue weighted by Crippen LogP contribution is -2.56. The second-order valence-corrected chi connectivity index (χ2v) is 9.14. The molecule has 2 aliphatic rings. The lowest BCUT2D eigenvalue weighted by atomic mass is 9.75. The number of halogens is 1. The first-order valence-corrected chi connectivity index (χ1v) is 10.9. The molecule has 2 amide bonds. The molecule has 0 aliphatic carbocycles. The Kier molecular flexibility index (Phi) is 5.73. The summed E-state index contributed by atoms with van der Waals surface area (Å²) in [7, 11) is 1.55. The summed E-state index contributed by atoms with van der Waals surface area (Å²) in [5.74, 6) is -3.44. The number of carbonyl (C=O) groups is 3. The van der Waals surface area contributed by atoms with E-state index in [1.165, 1.54) is 0 Å². The zero-order chi connectivity index (χ0) is 23.2. The van der Waals surface area contributed by atoms with Crippen LogP contribution in [0.15, 0.2) is 48.5 Å². The summed E-state index contributed by atoms with van der Waals surface area (Å²) in [5.41, 5.74) is -0.586. The van der Waals surface area contributed by atoms with Crippen molar-refractivity contribution in [2.75, 3.05) is 12.0 Å². The minimum Gasteiger partial charge on any atom is -0.497 e. The molecule has 2 aliphatic heterocycles. The normalized spacial score (nSPS) is 27.2. The van der Waals surface area contributed by atoms with Crippen molar-refractivity contribution in [1.29, 1.82) is 0 Å². The number of hydrogen-bond donors (Lipinski definition) is 2. The summed E-state index contributed by atoms with van der Waals surface area (Å²) in [6.07, 6.45) is 0.200. The van der Waals surface area contributed by atoms with Gasteiger partial charge in [0.2, 0.25) is 11.8 Å². The van der Waals surface area contributed by atoms with Crippen LogP contribution in [0.4, 0.5) is 5.69 Å². The molecule has 4 rings (SSSR count). The molecule has 168 valence electrons. The number of hydrogen-bond acceptors (Lipinski definition) is 5. The molecular weight excluding hydrogens is 432 g/mol. The van der Waals surface area contributed by atoms with E-state index in [0.717, 1.165) is 10.5 Å². The Hall–Kier alpha value is -2.90. The number of methoxy groups -OCH3 is 1. The van der Waals surface area contributed by atoms with Gasteiger partial charge in [-0.1, -0.05) is 49.7 Å². The van der Waals surface area contributed by atoms with Gasteiger partial charge in [-0.3, -0.25) is 19.7 Å². The van der Waals surface area contributed by atoms with E-state index in [2.05, 4.69) is 5.32 Å². The number of nitrogens with zero attached hydrogens (tertiary/aromatic N) is 1. The van der Waals surface area contributed by atoms with Gasteiger partial charge in [0.25, 0.3) is 0 Å². The minimum absolute atomic E-state index is 0.0221. The molecule has 0 spiro atoms. The topological polar surface area (TPSA) is 95.9 Å². The number of ether oxygens (including phenoxy) is 1. The molecule has 0 saturated carbocycles. The van der Waals surface area contributed by atoms with Gasteiger partial charge >= 0.3 is 5.97 Å². The summed E-state index contributed by atoms with van der Waals surface area (Å²) in [4.78, 5) is 41.0. The Morgan fingerprint density at radius 1 is 1.16 bits per heavy atom. The Labute approximate surface area is 191 Å². The summed E-state index contributed by atoms with van der Waals surface area (Å²) in [6, 6.07) is 13.0. The molecule has 32 heavy (non-hydrogen) atoms. The van der Waals surface area contributed by atoms with Crippen LogP contribution in [0.25, 0.3) is 0 Å². The van der Waals surface area contributed by atoms with Crippen LogP contribution in [0.5, 0.6) is 5.75 Å². The molecule has 2 aromatic carbocycles. The highest BCUT2D eigenvalue weighted by molar-refractivity contribution is 6.36. The van der Waals surface area contributed by atoms with Crippen LogP contribution < -0.4 is 15.0 Å². The predicted octanol–water partition coefficient (Wildman–Crippen LogP) is 3.67. The third kappa shape index (κ3) is 3.36. The summed E-state index contributed by atoms with van der Waals surface area (Å²) < 4.78 is 5.22. The van der Waals surface area contributed by atoms with Gasteiger partial charge in [0.15, 0.2) is 0 Å². The molecule has 8 heteroatoms. The summed E-state index contributed by atoms with van der Waals surface area (Å²) in [5, 5.41) is 13.8. The maximum absolute atomic E-state index is 13.7. The van der Waals surface area contributed by atoms with Crippen molar-refractivity contribution in [3.8, 4) is 5.75 Å². The number of rotatable bonds is 6. The number of carboxylic acid groups (broad SMARTS) is 1. The number of amides is 2. The highest BCUT2D eigenvalue weighted by Gasteiger charge is 2.68. The standard InChI is InChI=1S/C24H25ClN2O5/c1-13(2)12-24(23(30)31)19-18(20(26-24)14-8-10-15(32-3)11-9-14)21(28)27(22(19)29)17-7-5-4-6-16(17)25/h4-11,13,18-20,26H,12H2,1-3H3,(H,30,31)/t18-,19+,20-,24-/m0/s1. The van der Waals surface area contributed by atoms with E-state index < -0.39 is 41.2 Å². The average Bonchev–Trinajstić information content (AvgIpc) is 3.23. The quantitative estimate of drug-likeness (QED) is 0.644. The van der Waals surface area contributed by atoms with E-state index in [0.29, 0.717) is 5.75 Å². The zero-order valence-electron chi connectivity index (χ0n) is 18.0. The van der Waals surface area contributed by atoms with E-state index in [1.54, 1.807) is 55.6 Å². The first-order valence-electron chi connectivity index (χ1n) is 10.5. The second-order valence-electron chi connectivity index (χ2n) is 8.74. The molecule has 2 aromatic rings. The van der Waals surface area contributed by atoms with Gasteiger partial charge in [-0.25, -0.2) is 4.90 Å². The number of aliphatic carboxylic acids is 1. The highest BCUT2D eigenvalue weighted by atomic mass is 35.5. The van der Waals surface area contributed by atoms with Gasteiger partial charge in [-0.05, 0) is 42.2 Å². The third-order valence-corrected chi connectivity index (χ3v) is 6.65. The van der Waals surface area contributed by atoms with Gasteiger partial charge < -0.3 is 9.84 Å². The zero-order valence-corrected chi connectivity index (χ0v) is 18.8. The highest BCUT2D eigenvalue weighted by Crippen LogP contribution is 2.52. The van der Waals surface area contributed by atoms with E-state index in [-0.39, 0.29) is 23.0 Å². The van der Waals surface area contributed by atoms with E-state index in [9.17, 15) is 19.5 Å². The number of para-hydroxylation sites is 1. The SMILES string of the molecule is COc1ccc([C@@H]2N[C@](CC(C)C)(C(=O)O)[C@H]3C(=O)N(c4ccccc4Cl)C(=O)[C@H]23)cc1. The molecule has 7 nitrogen and oxygen atoms in total. The fraction of sp³-hybridized carbons (Fsp3) is 0.375. The number of benzene rings is 2. The molecule has 0 unspecified atom stereocenters. The van der Waals surface area contributed by atoms with Crippen molar-refractivity contribution in [1.82, 2.24) is 5.32 Å². The van der Waals surface area contributed by atoms with E-state index in [1.807, 2.05) is 13.8 Å². The molecule has 0 aromatic heterocycles. The van der Waals surface area contributed by atoms with Crippen molar-refractivity contribution in [2.24, 2.45) is 17.8 Å². The van der Waals surface area contributed by atoms with Crippen molar-refractivity contribution in [3.05, 3.63) is 59.1 Å². The van der Waals surface area contributed by atoms with Crippen LogP contribution in [0, 0.1) is 17.8 Å². The fourth-order valence-corrected chi connectivity index (χ4v) is 5.31. The summed E-state index contributed by atoms with van der Waals surface area (Å²) in [6.45, 7) is 3.80. The van der Waals surface area contributed by atoms with Crippen LogP contribution in [0.1, 0.15) is 31.9 Å². The number of fused-ring (bicyclic) bond motifs is 1. The van der Waals surface area contributed by atoms with E-state index >= 15 is 0 Å². The van der Waals surface area contributed by atoms with Gasteiger partial charge in [-0.15, -0.1) is 0 Å². The molecule has 0 radical (unpaired) electrons. The monoisotopic (exact) mass is 456 g/mol. The molecule has 2 saturated heterocycles. The Morgan fingerprint density at radius 3 is 2.38 bits per heavy atom. The molecule has 0 bridgehead atoms. The second kappa shape index (κ2) is 8.22. The molecule has 2 heterocycles. The van der Waals surface area contributed by atoms with Crippen molar-refractivity contribution in [2.45, 2.75) is 31.8 Å². The predicted molar refractivity (Wildman–Crippen MR) is 120 cm³/mol. The first kappa shape index (κ1) is 22.3. The van der Waals surface area contributed by atoms with Crippen molar-refractivity contribution >= 4 is 35.1 Å². The molecule has 4 atom stereocenters. The molecule has 2 fully saturated rings. The largest absolute Gasteiger partial charge is 0.497 e. The van der Waals surface area contributed by atoms with E-state index in [4.69, 9.17) is 16.3 Å². The number of nitrogens with one attached hydrogen (secondary N) is 1. The van der Waals surface area contributed by atoms with Crippen LogP contribution in [-0.4, -0.2) is 35.5 Å². The van der Waals surface area contributed by atoms with Gasteiger partial charge in [0.1, 0.15) is 11.3 Å². The van der Waals surface area contributed by atoms with Crippen LogP contribution in [-0.2, 0) is 14.4 Å². The fourth-order valence-electron chi connectivity index (χ4n) is 5.09. The third-order valence-electron chi connectivity index (χ3n) is 6.33. The van der Waals surface area contributed by atoms with Crippen LogP contribution in [0.2, 0.25) is 5.02 Å². The maximum Gasteiger partial charge on any atom is 0.324 e. The summed E-state index contributed by atoms with van der Waals surface area (Å²) >= 11 is 6.30. The van der Waals surface area contributed by atoms with Crippen molar-refractivity contribution in [3.63, 3.8) is 0 Å². The average molecular weight is 457 g/mol. The Bertz CT molecular complexity index is 1070. The van der Waals surface area contributed by atoms with Gasteiger partial charge in [0.05, 0.1) is 29.7 Å². The van der Waals surface area contributed by atoms with Gasteiger partial charge in [0, 0.05) is 6.04 Å². The smallest absolute Gasteiger partial charge is 0.324 e. The van der Waals surface area contributed by atoms with Gasteiger partial charge in [-0.2, -0.15) is 0 Å². The lowest BCUT2D eigenvalue weighted by Gasteiger charge is -2.32. The maximum atomic E-state index is 13.7.